The molecule has 0 saturated heterocycles. The van der Waals surface area contributed by atoms with Gasteiger partial charge in [0, 0.05) is 22.7 Å². The van der Waals surface area contributed by atoms with Gasteiger partial charge in [-0.25, -0.2) is 0 Å². The minimum atomic E-state index is 0.146. The Labute approximate surface area is 178 Å². The third-order valence-corrected chi connectivity index (χ3v) is 8.38. The highest BCUT2D eigenvalue weighted by molar-refractivity contribution is 5.67. The van der Waals surface area contributed by atoms with Gasteiger partial charge in [-0.2, -0.15) is 0 Å². The van der Waals surface area contributed by atoms with Crippen molar-refractivity contribution in [3.63, 3.8) is 0 Å². The molecule has 1 fully saturated rings. The second-order valence-corrected chi connectivity index (χ2v) is 9.43. The molecule has 0 unspecified atom stereocenters. The fourth-order valence-electron chi connectivity index (χ4n) is 7.63. The molecule has 0 aromatic heterocycles. The molecule has 0 heteroatoms. The van der Waals surface area contributed by atoms with Crippen molar-refractivity contribution in [1.29, 1.82) is 0 Å². The highest BCUT2D eigenvalue weighted by Crippen LogP contribution is 2.80. The maximum Gasteiger partial charge on any atom is 0.0149 e. The Morgan fingerprint density at radius 3 is 1.23 bits per heavy atom. The third kappa shape index (κ3) is 1.80. The van der Waals surface area contributed by atoms with Gasteiger partial charge in [0.05, 0.1) is 0 Å². The molecular weight excluding hydrogens is 360 g/mol. The molecule has 4 aromatic rings. The van der Waals surface area contributed by atoms with Crippen LogP contribution in [0.25, 0.3) is 0 Å². The molecule has 30 heavy (non-hydrogen) atoms. The maximum atomic E-state index is 2.41. The number of hydrogen-bond donors (Lipinski definition) is 0. The zero-order chi connectivity index (χ0) is 19.8. The first-order valence-electron chi connectivity index (χ1n) is 11.1. The fraction of sp³-hybridized carbons (Fsp3) is 0.200. The number of fused-ring (bicyclic) bond motifs is 8. The summed E-state index contributed by atoms with van der Waals surface area (Å²) in [6, 6.07) is 41.3. The smallest absolute Gasteiger partial charge is 0.0149 e. The number of benzene rings is 4. The molecule has 0 heterocycles. The maximum absolute atomic E-state index is 2.41. The standard InChI is InChI=1S/C30H24/c1-3-13-23(14-4-1)29-19-21-11-7-9-17-25(21)27(29)30(24-15-5-2-6-16-24)20-22-12-8-10-18-26(22)28(29)30/h1-18,27-28H,19-20H2. The zero-order valence-electron chi connectivity index (χ0n) is 17.0. The second-order valence-electron chi connectivity index (χ2n) is 9.43. The molecule has 0 N–H and O–H groups in total. The first-order valence-corrected chi connectivity index (χ1v) is 11.1. The molecule has 0 amide bonds. The van der Waals surface area contributed by atoms with E-state index in [0.717, 1.165) is 12.8 Å². The molecule has 3 aliphatic carbocycles. The summed E-state index contributed by atoms with van der Waals surface area (Å²) in [5.41, 5.74) is 9.57. The van der Waals surface area contributed by atoms with Crippen molar-refractivity contribution in [2.75, 3.05) is 0 Å². The largest absolute Gasteiger partial charge is 0.0622 e. The normalized spacial score (nSPS) is 30.0. The van der Waals surface area contributed by atoms with Crippen LogP contribution in [0, 0.1) is 0 Å². The minimum Gasteiger partial charge on any atom is -0.0622 e. The Morgan fingerprint density at radius 1 is 0.433 bits per heavy atom. The fourth-order valence-corrected chi connectivity index (χ4v) is 7.63. The van der Waals surface area contributed by atoms with Gasteiger partial charge in [-0.15, -0.1) is 0 Å². The Hall–Kier alpha value is -3.12. The average Bonchev–Trinajstić information content (AvgIpc) is 3.28. The van der Waals surface area contributed by atoms with Crippen LogP contribution in [0.5, 0.6) is 0 Å². The second kappa shape index (κ2) is 5.73. The van der Waals surface area contributed by atoms with Gasteiger partial charge in [0.15, 0.2) is 0 Å². The van der Waals surface area contributed by atoms with Crippen LogP contribution in [-0.2, 0) is 23.7 Å². The van der Waals surface area contributed by atoms with Crippen LogP contribution in [0.3, 0.4) is 0 Å². The van der Waals surface area contributed by atoms with Gasteiger partial charge >= 0.3 is 0 Å². The Bertz CT molecular complexity index is 1140. The van der Waals surface area contributed by atoms with Crippen molar-refractivity contribution in [2.45, 2.75) is 35.5 Å². The number of hydrogen-bond acceptors (Lipinski definition) is 0. The number of rotatable bonds is 2. The summed E-state index contributed by atoms with van der Waals surface area (Å²) in [4.78, 5) is 0. The van der Waals surface area contributed by atoms with E-state index in [1.807, 2.05) is 0 Å². The Kier molecular flexibility index (Phi) is 3.18. The average molecular weight is 385 g/mol. The summed E-state index contributed by atoms with van der Waals surface area (Å²) in [6.45, 7) is 0. The van der Waals surface area contributed by atoms with Gasteiger partial charge in [-0.05, 0) is 46.2 Å². The van der Waals surface area contributed by atoms with E-state index in [2.05, 4.69) is 109 Å². The summed E-state index contributed by atoms with van der Waals surface area (Å²) in [7, 11) is 0. The first kappa shape index (κ1) is 16.7. The van der Waals surface area contributed by atoms with Crippen molar-refractivity contribution in [3.8, 4) is 0 Å². The van der Waals surface area contributed by atoms with Gasteiger partial charge < -0.3 is 0 Å². The van der Waals surface area contributed by atoms with Crippen LogP contribution < -0.4 is 0 Å². The molecule has 0 atom stereocenters. The van der Waals surface area contributed by atoms with Crippen molar-refractivity contribution in [2.24, 2.45) is 0 Å². The highest BCUT2D eigenvalue weighted by atomic mass is 14.8. The van der Waals surface area contributed by atoms with Crippen LogP contribution in [0.4, 0.5) is 0 Å². The van der Waals surface area contributed by atoms with E-state index in [0.29, 0.717) is 11.8 Å². The minimum absolute atomic E-state index is 0.146. The SMILES string of the molecule is c1ccc(C23Cc4ccccc4C2C2(c4ccccc4)Cc4ccccc4C32)cc1. The van der Waals surface area contributed by atoms with Gasteiger partial charge in [0.25, 0.3) is 0 Å². The molecule has 1 saturated carbocycles. The predicted molar refractivity (Wildman–Crippen MR) is 122 cm³/mol. The molecule has 4 aromatic carbocycles. The molecule has 3 aliphatic rings. The van der Waals surface area contributed by atoms with Crippen LogP contribution in [0.1, 0.15) is 45.2 Å². The molecule has 0 radical (unpaired) electrons. The molecule has 7 rings (SSSR count). The molecular formula is C30H24. The molecule has 0 bridgehead atoms. The van der Waals surface area contributed by atoms with Gasteiger partial charge in [0.1, 0.15) is 0 Å². The third-order valence-electron chi connectivity index (χ3n) is 8.38. The summed E-state index contributed by atoms with van der Waals surface area (Å²) in [5.74, 6) is 1.03. The van der Waals surface area contributed by atoms with Crippen LogP contribution in [0.15, 0.2) is 109 Å². The van der Waals surface area contributed by atoms with E-state index < -0.39 is 0 Å². The van der Waals surface area contributed by atoms with E-state index in [-0.39, 0.29) is 10.8 Å². The molecule has 0 aliphatic heterocycles. The van der Waals surface area contributed by atoms with Gasteiger partial charge in [-0.1, -0.05) is 109 Å². The van der Waals surface area contributed by atoms with E-state index in [9.17, 15) is 0 Å². The summed E-state index contributed by atoms with van der Waals surface area (Å²) in [5, 5.41) is 0. The predicted octanol–water partition coefficient (Wildman–Crippen LogP) is 6.56. The van der Waals surface area contributed by atoms with Gasteiger partial charge in [0.2, 0.25) is 0 Å². The van der Waals surface area contributed by atoms with E-state index in [4.69, 9.17) is 0 Å². The Morgan fingerprint density at radius 2 is 0.800 bits per heavy atom. The lowest BCUT2D eigenvalue weighted by atomic mass is 9.36. The zero-order valence-corrected chi connectivity index (χ0v) is 17.0. The lowest BCUT2D eigenvalue weighted by Crippen LogP contribution is -2.63. The van der Waals surface area contributed by atoms with E-state index in [1.165, 1.54) is 11.1 Å². The summed E-state index contributed by atoms with van der Waals surface area (Å²) >= 11 is 0. The summed E-state index contributed by atoms with van der Waals surface area (Å²) in [6.07, 6.45) is 2.29. The van der Waals surface area contributed by atoms with Crippen LogP contribution in [-0.4, -0.2) is 0 Å². The monoisotopic (exact) mass is 384 g/mol. The topological polar surface area (TPSA) is 0 Å². The van der Waals surface area contributed by atoms with Crippen molar-refractivity contribution >= 4 is 0 Å². The van der Waals surface area contributed by atoms with Crippen LogP contribution >= 0.6 is 0 Å². The Balaban J connectivity index is 1.57. The van der Waals surface area contributed by atoms with Crippen LogP contribution in [0.2, 0.25) is 0 Å². The van der Waals surface area contributed by atoms with Crippen molar-refractivity contribution < 1.29 is 0 Å². The summed E-state index contributed by atoms with van der Waals surface area (Å²) < 4.78 is 0. The molecule has 144 valence electrons. The van der Waals surface area contributed by atoms with Crippen molar-refractivity contribution in [1.82, 2.24) is 0 Å². The highest BCUT2D eigenvalue weighted by Gasteiger charge is 2.76. The lowest BCUT2D eigenvalue weighted by Gasteiger charge is -2.65. The lowest BCUT2D eigenvalue weighted by molar-refractivity contribution is 0.0395. The quantitative estimate of drug-likeness (QED) is 0.367. The molecule has 0 nitrogen and oxygen atoms in total. The van der Waals surface area contributed by atoms with E-state index in [1.54, 1.807) is 22.3 Å². The molecule has 0 spiro atoms. The van der Waals surface area contributed by atoms with Crippen molar-refractivity contribution in [3.05, 3.63) is 143 Å². The first-order chi connectivity index (χ1) is 14.9. The van der Waals surface area contributed by atoms with E-state index >= 15 is 0 Å². The van der Waals surface area contributed by atoms with Gasteiger partial charge in [-0.3, -0.25) is 0 Å².